The summed E-state index contributed by atoms with van der Waals surface area (Å²) in [7, 11) is 9.59. The van der Waals surface area contributed by atoms with Crippen molar-refractivity contribution in [1.29, 1.82) is 0 Å². The molecule has 0 bridgehead atoms. The van der Waals surface area contributed by atoms with E-state index in [1.54, 1.807) is 0 Å². The van der Waals surface area contributed by atoms with Crippen LogP contribution in [0.5, 0.6) is 0 Å². The van der Waals surface area contributed by atoms with Gasteiger partial charge in [0.05, 0.1) is 26.4 Å². The molecule has 2 aliphatic rings. The first kappa shape index (κ1) is 15.9. The normalized spacial score (nSPS) is 20.4. The van der Waals surface area contributed by atoms with Gasteiger partial charge in [0.15, 0.2) is 0 Å². The maximum absolute atomic E-state index is 5.01. The standard InChI is InChI=1S/2C4H9NO.2ClH.Mn/c2*1-3-6-4-2-5-1;;;/h2*5H,1-4H2;2*1H;/q;;;;+2/p-2. The third-order valence-corrected chi connectivity index (χ3v) is 1.69. The van der Waals surface area contributed by atoms with Crippen LogP contribution in [0.2, 0.25) is 0 Å². The van der Waals surface area contributed by atoms with Crippen molar-refractivity contribution in [3.8, 4) is 0 Å². The van der Waals surface area contributed by atoms with Gasteiger partial charge in [-0.1, -0.05) is 0 Å². The van der Waals surface area contributed by atoms with Crippen LogP contribution in [-0.4, -0.2) is 52.6 Å². The van der Waals surface area contributed by atoms with Crippen LogP contribution < -0.4 is 10.6 Å². The first-order valence-corrected chi connectivity index (χ1v) is 8.10. The van der Waals surface area contributed by atoms with Gasteiger partial charge < -0.3 is 20.1 Å². The van der Waals surface area contributed by atoms with Gasteiger partial charge >= 0.3 is 33.3 Å². The molecule has 2 saturated heterocycles. The van der Waals surface area contributed by atoms with Crippen LogP contribution in [0, 0.1) is 0 Å². The van der Waals surface area contributed by atoms with Gasteiger partial charge in [0.1, 0.15) is 0 Å². The molecule has 2 rings (SSSR count). The molecule has 2 aliphatic heterocycles. The zero-order valence-corrected chi connectivity index (χ0v) is 11.3. The molecule has 2 fully saturated rings. The molecule has 2 heterocycles. The van der Waals surface area contributed by atoms with Crippen molar-refractivity contribution in [2.45, 2.75) is 0 Å². The Morgan fingerprint density at radius 1 is 0.733 bits per heavy atom. The first-order chi connectivity index (χ1) is 7.41. The summed E-state index contributed by atoms with van der Waals surface area (Å²) < 4.78 is 10.0. The summed E-state index contributed by atoms with van der Waals surface area (Å²) in [6.07, 6.45) is 0. The molecule has 0 unspecified atom stereocenters. The number of rotatable bonds is 0. The van der Waals surface area contributed by atoms with Crippen LogP contribution in [0.3, 0.4) is 0 Å². The van der Waals surface area contributed by atoms with E-state index in [0.29, 0.717) is 0 Å². The molecule has 93 valence electrons. The van der Waals surface area contributed by atoms with Crippen molar-refractivity contribution in [2.75, 3.05) is 52.6 Å². The third kappa shape index (κ3) is 14.9. The Balaban J connectivity index is 0.000000210. The third-order valence-electron chi connectivity index (χ3n) is 1.69. The summed E-state index contributed by atoms with van der Waals surface area (Å²) in [5.74, 6) is 0. The Hall–Kier alpha value is 0.939. The molecular weight excluding hydrogens is 282 g/mol. The van der Waals surface area contributed by atoms with Crippen molar-refractivity contribution >= 4 is 20.2 Å². The van der Waals surface area contributed by atoms with Crippen LogP contribution in [-0.2, 0) is 22.6 Å². The second-order valence-corrected chi connectivity index (χ2v) is 4.73. The van der Waals surface area contributed by atoms with E-state index >= 15 is 0 Å². The van der Waals surface area contributed by atoms with Crippen LogP contribution in [0.25, 0.3) is 0 Å². The number of hydrogen-bond donors (Lipinski definition) is 2. The predicted molar refractivity (Wildman–Crippen MR) is 59.1 cm³/mol. The Labute approximate surface area is 106 Å². The average molecular weight is 300 g/mol. The number of ether oxygens (including phenoxy) is 2. The van der Waals surface area contributed by atoms with E-state index < -0.39 is 0 Å². The van der Waals surface area contributed by atoms with Gasteiger partial charge in [0.25, 0.3) is 0 Å². The number of halogens is 2. The molecular formula is C8H18Cl2MnN2O2. The molecule has 0 aliphatic carbocycles. The van der Waals surface area contributed by atoms with Gasteiger partial charge in [0, 0.05) is 26.2 Å². The van der Waals surface area contributed by atoms with E-state index in [2.05, 4.69) is 10.6 Å². The average Bonchev–Trinajstić information content (AvgIpc) is 2.35. The number of nitrogens with one attached hydrogen (secondary N) is 2. The SMILES string of the molecule is C1COCCN1.C1COCCN1.[Cl][Mn][Cl]. The molecule has 0 aromatic heterocycles. The Kier molecular flexibility index (Phi) is 15.9. The summed E-state index contributed by atoms with van der Waals surface area (Å²) in [5, 5.41) is 6.32. The molecule has 0 aromatic rings. The summed E-state index contributed by atoms with van der Waals surface area (Å²) in [5.41, 5.74) is 0. The molecule has 0 saturated carbocycles. The van der Waals surface area contributed by atoms with Crippen LogP contribution in [0.1, 0.15) is 0 Å². The second kappa shape index (κ2) is 14.9. The van der Waals surface area contributed by atoms with Gasteiger partial charge in [-0.2, -0.15) is 0 Å². The summed E-state index contributed by atoms with van der Waals surface area (Å²) in [4.78, 5) is 0. The molecule has 0 radical (unpaired) electrons. The Bertz CT molecular complexity index is 81.8. The predicted octanol–water partition coefficient (Wildman–Crippen LogP) is 0.589. The van der Waals surface area contributed by atoms with Crippen LogP contribution in [0.15, 0.2) is 0 Å². The van der Waals surface area contributed by atoms with Crippen molar-refractivity contribution in [3.63, 3.8) is 0 Å². The van der Waals surface area contributed by atoms with Gasteiger partial charge in [-0.3, -0.25) is 0 Å². The van der Waals surface area contributed by atoms with E-state index in [1.807, 2.05) is 0 Å². The van der Waals surface area contributed by atoms with E-state index in [4.69, 9.17) is 29.7 Å². The zero-order valence-electron chi connectivity index (χ0n) is 8.61. The molecule has 0 aromatic carbocycles. The van der Waals surface area contributed by atoms with Gasteiger partial charge in [-0.25, -0.2) is 0 Å². The van der Waals surface area contributed by atoms with E-state index in [0.717, 1.165) is 52.6 Å². The molecule has 0 atom stereocenters. The molecule has 7 heteroatoms. The summed E-state index contributed by atoms with van der Waals surface area (Å²) in [6.45, 7) is 7.67. The van der Waals surface area contributed by atoms with Crippen LogP contribution >= 0.6 is 20.2 Å². The van der Waals surface area contributed by atoms with E-state index in [-0.39, 0.29) is 13.1 Å². The minimum atomic E-state index is 0.00694. The quantitative estimate of drug-likeness (QED) is 0.643. The van der Waals surface area contributed by atoms with Crippen molar-refractivity contribution in [3.05, 3.63) is 0 Å². The molecule has 0 amide bonds. The van der Waals surface area contributed by atoms with Crippen molar-refractivity contribution in [1.82, 2.24) is 10.6 Å². The number of hydrogen-bond acceptors (Lipinski definition) is 4. The molecule has 4 nitrogen and oxygen atoms in total. The second-order valence-electron chi connectivity index (χ2n) is 2.78. The van der Waals surface area contributed by atoms with Crippen molar-refractivity contribution < 1.29 is 22.6 Å². The maximum atomic E-state index is 5.01. The molecule has 15 heavy (non-hydrogen) atoms. The summed E-state index contributed by atoms with van der Waals surface area (Å²) >= 11 is 0.00694. The van der Waals surface area contributed by atoms with Gasteiger partial charge in [-0.05, 0) is 0 Å². The molecule has 2 N–H and O–H groups in total. The fourth-order valence-electron chi connectivity index (χ4n) is 1.03. The zero-order chi connectivity index (χ0) is 11.2. The van der Waals surface area contributed by atoms with Gasteiger partial charge in [-0.15, -0.1) is 0 Å². The van der Waals surface area contributed by atoms with E-state index in [1.165, 1.54) is 0 Å². The fourth-order valence-corrected chi connectivity index (χ4v) is 1.03. The monoisotopic (exact) mass is 299 g/mol. The molecule has 0 spiro atoms. The topological polar surface area (TPSA) is 42.5 Å². The number of morpholine rings is 2. The minimum absolute atomic E-state index is 0.00694. The fraction of sp³-hybridized carbons (Fsp3) is 1.00. The van der Waals surface area contributed by atoms with Gasteiger partial charge in [0.2, 0.25) is 0 Å². The first-order valence-electron chi connectivity index (χ1n) is 4.85. The Morgan fingerprint density at radius 3 is 1.07 bits per heavy atom. The van der Waals surface area contributed by atoms with Crippen molar-refractivity contribution in [2.24, 2.45) is 0 Å². The van der Waals surface area contributed by atoms with Crippen LogP contribution in [0.4, 0.5) is 0 Å². The van der Waals surface area contributed by atoms with E-state index in [9.17, 15) is 0 Å². The summed E-state index contributed by atoms with van der Waals surface area (Å²) in [6, 6.07) is 0. The Morgan fingerprint density at radius 2 is 1.00 bits per heavy atom.